The Bertz CT molecular complexity index is 157. The maximum Gasteiger partial charge on any atom is 0.0526 e. The lowest BCUT2D eigenvalue weighted by atomic mass is 9.71. The van der Waals surface area contributed by atoms with E-state index in [-0.39, 0.29) is 0 Å². The quantitative estimate of drug-likeness (QED) is 0.725. The van der Waals surface area contributed by atoms with Gasteiger partial charge in [-0.25, -0.2) is 0 Å². The van der Waals surface area contributed by atoms with Gasteiger partial charge in [0.25, 0.3) is 0 Å². The van der Waals surface area contributed by atoms with Crippen LogP contribution in [0.1, 0.15) is 38.5 Å². The summed E-state index contributed by atoms with van der Waals surface area (Å²) in [5.74, 6) is 0.915. The van der Waals surface area contributed by atoms with E-state index in [0.29, 0.717) is 5.41 Å². The molecule has 13 heavy (non-hydrogen) atoms. The van der Waals surface area contributed by atoms with E-state index in [1.54, 1.807) is 0 Å². The Morgan fingerprint density at radius 3 is 2.62 bits per heavy atom. The molecule has 1 atom stereocenters. The predicted octanol–water partition coefficient (Wildman–Crippen LogP) is 1.93. The van der Waals surface area contributed by atoms with Crippen molar-refractivity contribution in [3.63, 3.8) is 0 Å². The molecule has 2 fully saturated rings. The van der Waals surface area contributed by atoms with Crippen LogP contribution in [-0.2, 0) is 4.74 Å². The van der Waals surface area contributed by atoms with Gasteiger partial charge in [0.1, 0.15) is 0 Å². The Hall–Kier alpha value is -0.0800. The molecule has 1 aliphatic carbocycles. The van der Waals surface area contributed by atoms with Crippen molar-refractivity contribution in [3.8, 4) is 0 Å². The molecule has 0 spiro atoms. The van der Waals surface area contributed by atoms with E-state index in [2.05, 4.69) is 0 Å². The van der Waals surface area contributed by atoms with Gasteiger partial charge in [-0.1, -0.05) is 12.8 Å². The van der Waals surface area contributed by atoms with E-state index < -0.39 is 0 Å². The van der Waals surface area contributed by atoms with Crippen LogP contribution in [-0.4, -0.2) is 19.8 Å². The number of ether oxygens (including phenoxy) is 1. The fourth-order valence-corrected chi connectivity index (χ4v) is 3.17. The van der Waals surface area contributed by atoms with Crippen LogP contribution in [0.25, 0.3) is 0 Å². The Labute approximate surface area is 80.8 Å². The van der Waals surface area contributed by atoms with Gasteiger partial charge in [-0.3, -0.25) is 0 Å². The van der Waals surface area contributed by atoms with Crippen LogP contribution in [0.4, 0.5) is 0 Å². The highest BCUT2D eigenvalue weighted by atomic mass is 16.5. The van der Waals surface area contributed by atoms with E-state index in [4.69, 9.17) is 10.5 Å². The van der Waals surface area contributed by atoms with Crippen molar-refractivity contribution in [2.75, 3.05) is 19.8 Å². The normalized spacial score (nSPS) is 35.8. The Morgan fingerprint density at radius 2 is 2.08 bits per heavy atom. The van der Waals surface area contributed by atoms with Crippen LogP contribution in [0.3, 0.4) is 0 Å². The summed E-state index contributed by atoms with van der Waals surface area (Å²) in [6, 6.07) is 0. The van der Waals surface area contributed by atoms with Gasteiger partial charge in [0.05, 0.1) is 6.61 Å². The maximum atomic E-state index is 5.71. The Balaban J connectivity index is 2.02. The molecule has 76 valence electrons. The minimum atomic E-state index is 0.477. The molecular weight excluding hydrogens is 162 g/mol. The minimum Gasteiger partial charge on any atom is -0.381 e. The first-order valence-electron chi connectivity index (χ1n) is 5.65. The molecule has 1 aliphatic heterocycles. The summed E-state index contributed by atoms with van der Waals surface area (Å²) < 4.78 is 5.57. The topological polar surface area (TPSA) is 35.2 Å². The molecule has 0 radical (unpaired) electrons. The SMILES string of the molecule is NCCC1(C2CCCC2)CCOC1. The second-order valence-electron chi connectivity index (χ2n) is 4.69. The first-order chi connectivity index (χ1) is 6.37. The highest BCUT2D eigenvalue weighted by molar-refractivity contribution is 4.91. The number of hydrogen-bond donors (Lipinski definition) is 1. The van der Waals surface area contributed by atoms with Crippen LogP contribution >= 0.6 is 0 Å². The standard InChI is InChI=1S/C11H21NO/c12-7-5-11(6-8-13-9-11)10-3-1-2-4-10/h10H,1-9,12H2. The van der Waals surface area contributed by atoms with E-state index >= 15 is 0 Å². The summed E-state index contributed by atoms with van der Waals surface area (Å²) >= 11 is 0. The first-order valence-corrected chi connectivity index (χ1v) is 5.65. The second-order valence-corrected chi connectivity index (χ2v) is 4.69. The zero-order valence-electron chi connectivity index (χ0n) is 8.43. The van der Waals surface area contributed by atoms with E-state index in [9.17, 15) is 0 Å². The number of hydrogen-bond acceptors (Lipinski definition) is 2. The molecule has 1 saturated carbocycles. The van der Waals surface area contributed by atoms with Crippen molar-refractivity contribution in [1.29, 1.82) is 0 Å². The average molecular weight is 183 g/mol. The summed E-state index contributed by atoms with van der Waals surface area (Å²) in [4.78, 5) is 0. The van der Waals surface area contributed by atoms with Crippen LogP contribution in [0.5, 0.6) is 0 Å². The van der Waals surface area contributed by atoms with Crippen molar-refractivity contribution in [2.24, 2.45) is 17.1 Å². The lowest BCUT2D eigenvalue weighted by Crippen LogP contribution is -2.32. The number of rotatable bonds is 3. The van der Waals surface area contributed by atoms with Gasteiger partial charge in [0.2, 0.25) is 0 Å². The van der Waals surface area contributed by atoms with Gasteiger partial charge in [0, 0.05) is 6.61 Å². The van der Waals surface area contributed by atoms with E-state index in [1.807, 2.05) is 0 Å². The molecular formula is C11H21NO. The van der Waals surface area contributed by atoms with Crippen molar-refractivity contribution in [3.05, 3.63) is 0 Å². The summed E-state index contributed by atoms with van der Waals surface area (Å²) in [5, 5.41) is 0. The molecule has 2 nitrogen and oxygen atoms in total. The van der Waals surface area contributed by atoms with Gasteiger partial charge in [-0.2, -0.15) is 0 Å². The molecule has 1 saturated heterocycles. The lowest BCUT2D eigenvalue weighted by molar-refractivity contribution is 0.101. The third kappa shape index (κ3) is 1.75. The van der Waals surface area contributed by atoms with Crippen molar-refractivity contribution in [1.82, 2.24) is 0 Å². The van der Waals surface area contributed by atoms with Gasteiger partial charge in [-0.05, 0) is 43.6 Å². The zero-order chi connectivity index (χ0) is 9.15. The molecule has 1 heterocycles. The predicted molar refractivity (Wildman–Crippen MR) is 53.5 cm³/mol. The maximum absolute atomic E-state index is 5.71. The number of nitrogens with two attached hydrogens (primary N) is 1. The molecule has 2 N–H and O–H groups in total. The monoisotopic (exact) mass is 183 g/mol. The first kappa shape index (κ1) is 9.47. The molecule has 2 heteroatoms. The van der Waals surface area contributed by atoms with Crippen LogP contribution in [0, 0.1) is 11.3 Å². The van der Waals surface area contributed by atoms with E-state index in [1.165, 1.54) is 38.5 Å². The molecule has 2 rings (SSSR count). The smallest absolute Gasteiger partial charge is 0.0526 e. The fraction of sp³-hybridized carbons (Fsp3) is 1.00. The summed E-state index contributed by atoms with van der Waals surface area (Å²) in [5.41, 5.74) is 6.18. The molecule has 0 aromatic heterocycles. The van der Waals surface area contributed by atoms with Gasteiger partial charge < -0.3 is 10.5 Å². The highest BCUT2D eigenvalue weighted by Gasteiger charge is 2.42. The van der Waals surface area contributed by atoms with Gasteiger partial charge >= 0.3 is 0 Å². The zero-order valence-corrected chi connectivity index (χ0v) is 8.43. The summed E-state index contributed by atoms with van der Waals surface area (Å²) in [6.07, 6.45) is 8.13. The van der Waals surface area contributed by atoms with E-state index in [0.717, 1.165) is 25.7 Å². The van der Waals surface area contributed by atoms with Crippen molar-refractivity contribution < 1.29 is 4.74 Å². The average Bonchev–Trinajstić information content (AvgIpc) is 2.73. The van der Waals surface area contributed by atoms with Crippen LogP contribution in [0.2, 0.25) is 0 Å². The molecule has 1 unspecified atom stereocenters. The van der Waals surface area contributed by atoms with Crippen LogP contribution in [0.15, 0.2) is 0 Å². The summed E-state index contributed by atoms with van der Waals surface area (Å²) in [6.45, 7) is 2.78. The highest BCUT2D eigenvalue weighted by Crippen LogP contribution is 2.47. The van der Waals surface area contributed by atoms with Gasteiger partial charge in [0.15, 0.2) is 0 Å². The minimum absolute atomic E-state index is 0.477. The largest absolute Gasteiger partial charge is 0.381 e. The summed E-state index contributed by atoms with van der Waals surface area (Å²) in [7, 11) is 0. The molecule has 2 aliphatic rings. The fourth-order valence-electron chi connectivity index (χ4n) is 3.17. The van der Waals surface area contributed by atoms with Crippen molar-refractivity contribution >= 4 is 0 Å². The molecule has 0 aromatic rings. The van der Waals surface area contributed by atoms with Gasteiger partial charge in [-0.15, -0.1) is 0 Å². The molecule has 0 bridgehead atoms. The third-order valence-corrected chi connectivity index (χ3v) is 4.00. The molecule has 0 aromatic carbocycles. The second kappa shape index (κ2) is 3.97. The Morgan fingerprint density at radius 1 is 1.31 bits per heavy atom. The molecule has 0 amide bonds. The van der Waals surface area contributed by atoms with Crippen LogP contribution < -0.4 is 5.73 Å². The lowest BCUT2D eigenvalue weighted by Gasteiger charge is -2.33. The third-order valence-electron chi connectivity index (χ3n) is 4.00. The van der Waals surface area contributed by atoms with Crippen molar-refractivity contribution in [2.45, 2.75) is 38.5 Å². The Kier molecular flexibility index (Phi) is 2.89.